The minimum atomic E-state index is -0.315. The third kappa shape index (κ3) is 3.86. The van der Waals surface area contributed by atoms with Crippen LogP contribution in [0.4, 0.5) is 16.2 Å². The van der Waals surface area contributed by atoms with Crippen LogP contribution in [-0.4, -0.2) is 37.4 Å². The summed E-state index contributed by atoms with van der Waals surface area (Å²) < 4.78 is 0. The number of rotatable bonds is 5. The van der Waals surface area contributed by atoms with Crippen LogP contribution < -0.4 is 15.5 Å². The Morgan fingerprint density at radius 2 is 2.04 bits per heavy atom. The lowest BCUT2D eigenvalue weighted by atomic mass is 10.1. The van der Waals surface area contributed by atoms with Crippen molar-refractivity contribution in [2.75, 3.05) is 30.4 Å². The van der Waals surface area contributed by atoms with Crippen LogP contribution in [0.25, 0.3) is 0 Å². The Morgan fingerprint density at radius 3 is 2.79 bits per heavy atom. The van der Waals surface area contributed by atoms with Crippen LogP contribution >= 0.6 is 0 Å². The molecule has 2 amide bonds. The van der Waals surface area contributed by atoms with Crippen molar-refractivity contribution >= 4 is 17.4 Å². The van der Waals surface area contributed by atoms with Gasteiger partial charge in [0.1, 0.15) is 0 Å². The second-order valence-corrected chi connectivity index (χ2v) is 6.18. The Bertz CT molecular complexity index is 703. The van der Waals surface area contributed by atoms with E-state index in [9.17, 15) is 9.90 Å². The molecule has 5 heteroatoms. The summed E-state index contributed by atoms with van der Waals surface area (Å²) in [6, 6.07) is 15.2. The SMILES string of the molecule is CN1CCc2ccc(NC(=O)N[C@H](CO)Cc3ccccc3)cc21. The molecule has 0 spiro atoms. The lowest BCUT2D eigenvalue weighted by molar-refractivity contribution is 0.224. The first-order chi connectivity index (χ1) is 11.7. The number of nitrogens with zero attached hydrogens (tertiary/aromatic N) is 1. The smallest absolute Gasteiger partial charge is 0.319 e. The summed E-state index contributed by atoms with van der Waals surface area (Å²) in [5, 5.41) is 15.2. The molecular weight excluding hydrogens is 302 g/mol. The number of hydrogen-bond acceptors (Lipinski definition) is 3. The number of hydrogen-bond donors (Lipinski definition) is 3. The zero-order valence-electron chi connectivity index (χ0n) is 13.8. The van der Waals surface area contributed by atoms with E-state index in [0.717, 1.165) is 29.9 Å². The number of aliphatic hydroxyl groups is 1. The van der Waals surface area contributed by atoms with Gasteiger partial charge < -0.3 is 20.6 Å². The molecule has 0 aromatic heterocycles. The van der Waals surface area contributed by atoms with Crippen LogP contribution in [0.1, 0.15) is 11.1 Å². The number of fused-ring (bicyclic) bond motifs is 1. The fourth-order valence-corrected chi connectivity index (χ4v) is 3.03. The number of carbonyl (C=O) groups is 1. The van der Waals surface area contributed by atoms with Crippen LogP contribution in [0.15, 0.2) is 48.5 Å². The molecule has 2 aromatic rings. The van der Waals surface area contributed by atoms with E-state index < -0.39 is 0 Å². The van der Waals surface area contributed by atoms with Crippen LogP contribution in [0, 0.1) is 0 Å². The fraction of sp³-hybridized carbons (Fsp3) is 0.316. The van der Waals surface area contributed by atoms with E-state index in [1.165, 1.54) is 5.56 Å². The monoisotopic (exact) mass is 325 g/mol. The van der Waals surface area contributed by atoms with E-state index in [1.807, 2.05) is 42.5 Å². The Kier molecular flexibility index (Phi) is 5.01. The molecule has 2 aromatic carbocycles. The van der Waals surface area contributed by atoms with Crippen molar-refractivity contribution in [1.82, 2.24) is 5.32 Å². The van der Waals surface area contributed by atoms with Crippen molar-refractivity contribution in [2.45, 2.75) is 18.9 Å². The van der Waals surface area contributed by atoms with Gasteiger partial charge in [0.25, 0.3) is 0 Å². The van der Waals surface area contributed by atoms with Crippen molar-refractivity contribution < 1.29 is 9.90 Å². The number of benzene rings is 2. The lowest BCUT2D eigenvalue weighted by Gasteiger charge is -2.18. The van der Waals surface area contributed by atoms with E-state index in [2.05, 4.69) is 28.6 Å². The summed E-state index contributed by atoms with van der Waals surface area (Å²) in [7, 11) is 2.05. The summed E-state index contributed by atoms with van der Waals surface area (Å²) in [5.41, 5.74) is 4.31. The minimum Gasteiger partial charge on any atom is -0.394 e. The van der Waals surface area contributed by atoms with Gasteiger partial charge in [-0.3, -0.25) is 0 Å². The molecule has 0 bridgehead atoms. The molecular formula is C19H23N3O2. The van der Waals surface area contributed by atoms with Gasteiger partial charge in [0.2, 0.25) is 0 Å². The molecule has 0 unspecified atom stereocenters. The zero-order valence-corrected chi connectivity index (χ0v) is 13.8. The number of likely N-dealkylation sites (N-methyl/N-ethyl adjacent to an activating group) is 1. The van der Waals surface area contributed by atoms with Gasteiger partial charge in [-0.15, -0.1) is 0 Å². The maximum Gasteiger partial charge on any atom is 0.319 e. The van der Waals surface area contributed by atoms with E-state index in [4.69, 9.17) is 0 Å². The first kappa shape index (κ1) is 16.3. The summed E-state index contributed by atoms with van der Waals surface area (Å²) in [6.07, 6.45) is 1.64. The van der Waals surface area contributed by atoms with Crippen molar-refractivity contribution in [1.29, 1.82) is 0 Å². The predicted octanol–water partition coefficient (Wildman–Crippen LogP) is 2.40. The van der Waals surface area contributed by atoms with Gasteiger partial charge in [-0.25, -0.2) is 4.79 Å². The van der Waals surface area contributed by atoms with E-state index in [0.29, 0.717) is 6.42 Å². The molecule has 126 valence electrons. The first-order valence-electron chi connectivity index (χ1n) is 8.22. The van der Waals surface area contributed by atoms with Gasteiger partial charge in [0, 0.05) is 25.0 Å². The average molecular weight is 325 g/mol. The van der Waals surface area contributed by atoms with Gasteiger partial charge in [-0.2, -0.15) is 0 Å². The molecule has 1 aliphatic rings. The molecule has 5 nitrogen and oxygen atoms in total. The molecule has 24 heavy (non-hydrogen) atoms. The van der Waals surface area contributed by atoms with Crippen molar-refractivity contribution in [3.8, 4) is 0 Å². The number of urea groups is 1. The highest BCUT2D eigenvalue weighted by atomic mass is 16.3. The van der Waals surface area contributed by atoms with Crippen LogP contribution in [0.3, 0.4) is 0 Å². The lowest BCUT2D eigenvalue weighted by Crippen LogP contribution is -2.41. The molecule has 0 radical (unpaired) electrons. The predicted molar refractivity (Wildman–Crippen MR) is 96.6 cm³/mol. The van der Waals surface area contributed by atoms with Gasteiger partial charge >= 0.3 is 6.03 Å². The number of aliphatic hydroxyl groups excluding tert-OH is 1. The molecule has 0 saturated carbocycles. The standard InChI is InChI=1S/C19H23N3O2/c1-22-10-9-15-7-8-16(12-18(15)22)20-19(24)21-17(13-23)11-14-5-3-2-4-6-14/h2-8,12,17,23H,9-11,13H2,1H3,(H2,20,21,24)/t17-/m0/s1. The summed E-state index contributed by atoms with van der Waals surface area (Å²) in [6.45, 7) is 0.907. The van der Waals surface area contributed by atoms with E-state index >= 15 is 0 Å². The Morgan fingerprint density at radius 1 is 1.25 bits per heavy atom. The molecule has 1 atom stereocenters. The zero-order chi connectivity index (χ0) is 16.9. The highest BCUT2D eigenvalue weighted by Crippen LogP contribution is 2.29. The third-order valence-corrected chi connectivity index (χ3v) is 4.35. The van der Waals surface area contributed by atoms with Crippen molar-refractivity contribution in [3.63, 3.8) is 0 Å². The topological polar surface area (TPSA) is 64.6 Å². The Labute approximate surface area is 142 Å². The quantitative estimate of drug-likeness (QED) is 0.791. The van der Waals surface area contributed by atoms with Crippen LogP contribution in [-0.2, 0) is 12.8 Å². The van der Waals surface area contributed by atoms with E-state index in [1.54, 1.807) is 0 Å². The summed E-state index contributed by atoms with van der Waals surface area (Å²) >= 11 is 0. The average Bonchev–Trinajstić information content (AvgIpc) is 2.96. The highest BCUT2D eigenvalue weighted by Gasteiger charge is 2.17. The van der Waals surface area contributed by atoms with Gasteiger partial charge in [-0.05, 0) is 36.1 Å². The summed E-state index contributed by atoms with van der Waals surface area (Å²) in [4.78, 5) is 14.4. The van der Waals surface area contributed by atoms with E-state index in [-0.39, 0.29) is 18.7 Å². The van der Waals surface area contributed by atoms with Crippen LogP contribution in [0.2, 0.25) is 0 Å². The van der Waals surface area contributed by atoms with Gasteiger partial charge in [0.05, 0.1) is 12.6 Å². The number of amides is 2. The van der Waals surface area contributed by atoms with Gasteiger partial charge in [-0.1, -0.05) is 36.4 Å². The Hall–Kier alpha value is -2.53. The molecule has 0 fully saturated rings. The number of anilines is 2. The molecule has 3 rings (SSSR count). The maximum absolute atomic E-state index is 12.2. The van der Waals surface area contributed by atoms with Crippen LogP contribution in [0.5, 0.6) is 0 Å². The second kappa shape index (κ2) is 7.36. The van der Waals surface area contributed by atoms with Crippen molar-refractivity contribution in [3.05, 3.63) is 59.7 Å². The first-order valence-corrected chi connectivity index (χ1v) is 8.22. The largest absolute Gasteiger partial charge is 0.394 e. The third-order valence-electron chi connectivity index (χ3n) is 4.35. The van der Waals surface area contributed by atoms with Gasteiger partial charge in [0.15, 0.2) is 0 Å². The number of carbonyl (C=O) groups excluding carboxylic acids is 1. The molecule has 1 heterocycles. The number of nitrogens with one attached hydrogen (secondary N) is 2. The normalized spacial score (nSPS) is 14.2. The molecule has 0 saturated heterocycles. The van der Waals surface area contributed by atoms with Crippen molar-refractivity contribution in [2.24, 2.45) is 0 Å². The Balaban J connectivity index is 1.59. The minimum absolute atomic E-state index is 0.102. The molecule has 3 N–H and O–H groups in total. The molecule has 1 aliphatic heterocycles. The second-order valence-electron chi connectivity index (χ2n) is 6.18. The fourth-order valence-electron chi connectivity index (χ4n) is 3.03. The highest BCUT2D eigenvalue weighted by molar-refractivity contribution is 5.90. The maximum atomic E-state index is 12.2. The molecule has 0 aliphatic carbocycles. The summed E-state index contributed by atoms with van der Waals surface area (Å²) in [5.74, 6) is 0.